The Kier molecular flexibility index (Phi) is 4.63. The number of ether oxygens (including phenoxy) is 1. The zero-order valence-electron chi connectivity index (χ0n) is 17.2. The number of fused-ring (bicyclic) bond motifs is 2. The van der Waals surface area contributed by atoms with E-state index in [-0.39, 0.29) is 17.3 Å². The predicted molar refractivity (Wildman–Crippen MR) is 112 cm³/mol. The van der Waals surface area contributed by atoms with Gasteiger partial charge in [-0.25, -0.2) is 0 Å². The number of nitrogens with one attached hydrogen (secondary N) is 1. The number of para-hydroxylation sites is 1. The molecule has 1 fully saturated rings. The lowest BCUT2D eigenvalue weighted by molar-refractivity contribution is -0.925. The normalized spacial score (nSPS) is 24.9. The fourth-order valence-electron chi connectivity index (χ4n) is 4.98. The van der Waals surface area contributed by atoms with Gasteiger partial charge in [0, 0.05) is 28.9 Å². The van der Waals surface area contributed by atoms with Crippen LogP contribution in [0.4, 0.5) is 0 Å². The fourth-order valence-corrected chi connectivity index (χ4v) is 4.98. The first-order valence-electron chi connectivity index (χ1n) is 10.6. The number of quaternary nitrogens is 1. The Bertz CT molecular complexity index is 1120. The number of furan rings is 1. The summed E-state index contributed by atoms with van der Waals surface area (Å²) in [5, 5.41) is 13.6. The maximum Gasteiger partial charge on any atom is 0.232 e. The van der Waals surface area contributed by atoms with E-state index in [0.29, 0.717) is 41.0 Å². The SMILES string of the molecule is CC1CC(C)C[NH+](Cc2c([O-])ccc3c2O/C(=C\c2cc4ccccc4o2)C3=O)C1. The van der Waals surface area contributed by atoms with E-state index in [1.807, 2.05) is 30.3 Å². The molecular weight excluding hydrogens is 378 g/mol. The van der Waals surface area contributed by atoms with Gasteiger partial charge < -0.3 is 19.2 Å². The quantitative estimate of drug-likeness (QED) is 0.682. The fraction of sp³-hybridized carbons (Fsp3) is 0.320. The second kappa shape index (κ2) is 7.33. The van der Waals surface area contributed by atoms with Gasteiger partial charge in [-0.1, -0.05) is 43.9 Å². The van der Waals surface area contributed by atoms with E-state index in [0.717, 1.165) is 24.1 Å². The Morgan fingerprint density at radius 1 is 1.13 bits per heavy atom. The summed E-state index contributed by atoms with van der Waals surface area (Å²) in [4.78, 5) is 14.3. The number of hydrogen-bond acceptors (Lipinski definition) is 4. The lowest BCUT2D eigenvalue weighted by Crippen LogP contribution is -3.13. The minimum absolute atomic E-state index is 0.0649. The first-order chi connectivity index (χ1) is 14.5. The molecule has 5 heteroatoms. The minimum atomic E-state index is -0.206. The maximum absolute atomic E-state index is 12.9. The second-order valence-electron chi connectivity index (χ2n) is 8.83. The summed E-state index contributed by atoms with van der Waals surface area (Å²) < 4.78 is 11.8. The summed E-state index contributed by atoms with van der Waals surface area (Å²) in [5.74, 6) is 2.16. The van der Waals surface area contributed by atoms with Gasteiger partial charge in [-0.15, -0.1) is 0 Å². The molecule has 2 atom stereocenters. The van der Waals surface area contributed by atoms with Crippen molar-refractivity contribution >= 4 is 22.8 Å². The van der Waals surface area contributed by atoms with Crippen molar-refractivity contribution in [1.82, 2.24) is 0 Å². The number of likely N-dealkylation sites (tertiary alicyclic amines) is 1. The molecule has 5 nitrogen and oxygen atoms in total. The third kappa shape index (κ3) is 3.39. The Labute approximate surface area is 175 Å². The molecule has 0 amide bonds. The van der Waals surface area contributed by atoms with Crippen molar-refractivity contribution in [3.8, 4) is 11.5 Å². The summed E-state index contributed by atoms with van der Waals surface area (Å²) in [6, 6.07) is 12.6. The summed E-state index contributed by atoms with van der Waals surface area (Å²) in [6.07, 6.45) is 2.84. The van der Waals surface area contributed by atoms with E-state index in [1.165, 1.54) is 17.4 Å². The highest BCUT2D eigenvalue weighted by molar-refractivity contribution is 6.14. The van der Waals surface area contributed by atoms with Crippen molar-refractivity contribution in [2.75, 3.05) is 13.1 Å². The Balaban J connectivity index is 1.46. The molecule has 5 rings (SSSR count). The number of ketones is 1. The largest absolute Gasteiger partial charge is 0.872 e. The van der Waals surface area contributed by atoms with Crippen LogP contribution in [0.15, 0.2) is 52.6 Å². The van der Waals surface area contributed by atoms with Gasteiger partial charge in [0.2, 0.25) is 5.78 Å². The lowest BCUT2D eigenvalue weighted by atomic mass is 9.91. The van der Waals surface area contributed by atoms with Gasteiger partial charge in [-0.2, -0.15) is 0 Å². The zero-order valence-corrected chi connectivity index (χ0v) is 17.2. The summed E-state index contributed by atoms with van der Waals surface area (Å²) in [7, 11) is 0. The molecule has 2 aliphatic rings. The van der Waals surface area contributed by atoms with Crippen molar-refractivity contribution in [3.05, 3.63) is 65.1 Å². The summed E-state index contributed by atoms with van der Waals surface area (Å²) in [6.45, 7) is 7.17. The van der Waals surface area contributed by atoms with Crippen molar-refractivity contribution in [2.45, 2.75) is 26.8 Å². The zero-order chi connectivity index (χ0) is 20.8. The molecule has 154 valence electrons. The highest BCUT2D eigenvalue weighted by Crippen LogP contribution is 2.38. The van der Waals surface area contributed by atoms with Crippen LogP contribution in [0.5, 0.6) is 11.5 Å². The van der Waals surface area contributed by atoms with E-state index >= 15 is 0 Å². The van der Waals surface area contributed by atoms with E-state index in [9.17, 15) is 9.90 Å². The molecule has 0 radical (unpaired) electrons. The van der Waals surface area contributed by atoms with Gasteiger partial charge in [0.1, 0.15) is 23.6 Å². The van der Waals surface area contributed by atoms with Crippen LogP contribution in [0.1, 0.15) is 41.9 Å². The van der Waals surface area contributed by atoms with Crippen molar-refractivity contribution in [1.29, 1.82) is 0 Å². The van der Waals surface area contributed by atoms with Crippen LogP contribution in [0, 0.1) is 11.8 Å². The Morgan fingerprint density at radius 2 is 1.90 bits per heavy atom. The highest BCUT2D eigenvalue weighted by Gasteiger charge is 2.33. The van der Waals surface area contributed by atoms with Crippen LogP contribution in [0.3, 0.4) is 0 Å². The molecule has 0 aliphatic carbocycles. The number of benzene rings is 2. The van der Waals surface area contributed by atoms with E-state index < -0.39 is 0 Å². The molecule has 0 bridgehead atoms. The predicted octanol–water partition coefficient (Wildman–Crippen LogP) is 3.18. The molecule has 1 saturated heterocycles. The highest BCUT2D eigenvalue weighted by atomic mass is 16.5. The molecule has 0 spiro atoms. The molecule has 2 unspecified atom stereocenters. The number of carbonyl (C=O) groups excluding carboxylic acids is 1. The Morgan fingerprint density at radius 3 is 2.67 bits per heavy atom. The topological polar surface area (TPSA) is 66.9 Å². The van der Waals surface area contributed by atoms with Crippen molar-refractivity contribution < 1.29 is 24.0 Å². The lowest BCUT2D eigenvalue weighted by Gasteiger charge is -2.33. The molecule has 0 saturated carbocycles. The van der Waals surface area contributed by atoms with Crippen molar-refractivity contribution in [3.63, 3.8) is 0 Å². The number of allylic oxidation sites excluding steroid dienone is 1. The molecule has 1 aromatic heterocycles. The molecule has 2 aromatic carbocycles. The molecule has 3 heterocycles. The third-order valence-corrected chi connectivity index (χ3v) is 6.12. The maximum atomic E-state index is 12.9. The third-order valence-electron chi connectivity index (χ3n) is 6.12. The van der Waals surface area contributed by atoms with Crippen molar-refractivity contribution in [2.24, 2.45) is 11.8 Å². The number of carbonyl (C=O) groups is 1. The average molecular weight is 403 g/mol. The van der Waals surface area contributed by atoms with Crippen LogP contribution in [0.2, 0.25) is 0 Å². The molecule has 1 N–H and O–H groups in total. The second-order valence-corrected chi connectivity index (χ2v) is 8.83. The number of hydrogen-bond donors (Lipinski definition) is 1. The number of piperidine rings is 1. The minimum Gasteiger partial charge on any atom is -0.872 e. The molecule has 30 heavy (non-hydrogen) atoms. The van der Waals surface area contributed by atoms with Gasteiger partial charge in [-0.05, 0) is 24.6 Å². The van der Waals surface area contributed by atoms with Gasteiger partial charge >= 0.3 is 0 Å². The molecule has 3 aromatic rings. The van der Waals surface area contributed by atoms with E-state index in [4.69, 9.17) is 9.15 Å². The summed E-state index contributed by atoms with van der Waals surface area (Å²) >= 11 is 0. The van der Waals surface area contributed by atoms with Crippen LogP contribution in [-0.4, -0.2) is 18.9 Å². The number of rotatable bonds is 3. The Hall–Kier alpha value is -3.05. The monoisotopic (exact) mass is 403 g/mol. The average Bonchev–Trinajstić information content (AvgIpc) is 3.24. The molecular formula is C25H25NO4. The first kappa shape index (κ1) is 18.9. The van der Waals surface area contributed by atoms with E-state index in [1.54, 1.807) is 12.1 Å². The van der Waals surface area contributed by atoms with E-state index in [2.05, 4.69) is 13.8 Å². The standard InChI is InChI=1S/C25H25NO4/c1-15-9-16(2)13-26(12-15)14-20-21(27)8-7-19-24(28)23(30-25(19)20)11-18-10-17-5-3-4-6-22(17)29-18/h3-8,10-11,15-16,27H,9,12-14H2,1-2H3/b23-11-. The van der Waals surface area contributed by atoms with Gasteiger partial charge in [0.05, 0.1) is 18.7 Å². The van der Waals surface area contributed by atoms with Crippen LogP contribution < -0.4 is 14.7 Å². The van der Waals surface area contributed by atoms with Crippen LogP contribution in [-0.2, 0) is 6.54 Å². The summed E-state index contributed by atoms with van der Waals surface area (Å²) in [5.41, 5.74) is 1.82. The van der Waals surface area contributed by atoms with Crippen LogP contribution >= 0.6 is 0 Å². The van der Waals surface area contributed by atoms with Crippen LogP contribution in [0.25, 0.3) is 17.0 Å². The first-order valence-corrected chi connectivity index (χ1v) is 10.6. The van der Waals surface area contributed by atoms with Gasteiger partial charge in [0.15, 0.2) is 5.76 Å². The molecule has 2 aliphatic heterocycles. The smallest absolute Gasteiger partial charge is 0.232 e. The van der Waals surface area contributed by atoms with Gasteiger partial charge in [0.25, 0.3) is 0 Å². The number of Topliss-reactive ketones (excluding diaryl/α,β-unsaturated/α-hetero) is 1. The van der Waals surface area contributed by atoms with Gasteiger partial charge in [-0.3, -0.25) is 4.79 Å².